The number of hydrogen-bond acceptors (Lipinski definition) is 7. The maximum atomic E-state index is 12.4. The molecule has 2 aromatic heterocycles. The van der Waals surface area contributed by atoms with Crippen LogP contribution in [-0.4, -0.2) is 50.4 Å². The van der Waals surface area contributed by atoms with Crippen molar-refractivity contribution < 1.29 is 9.53 Å². The van der Waals surface area contributed by atoms with E-state index >= 15 is 0 Å². The number of anilines is 1. The van der Waals surface area contributed by atoms with Gasteiger partial charge in [-0.1, -0.05) is 0 Å². The van der Waals surface area contributed by atoms with Crippen molar-refractivity contribution >= 4 is 11.7 Å². The molecule has 1 fully saturated rings. The number of amides is 1. The fraction of sp³-hybridized carbons (Fsp3) is 0.308. The molecule has 0 aromatic carbocycles. The van der Waals surface area contributed by atoms with Gasteiger partial charge >= 0.3 is 0 Å². The van der Waals surface area contributed by atoms with Gasteiger partial charge in [-0.25, -0.2) is 9.97 Å². The Labute approximate surface area is 121 Å². The molecular weight excluding hydrogens is 272 g/mol. The number of nitrogens with two attached hydrogens (primary N) is 1. The molecule has 3 heterocycles. The molecule has 8 nitrogen and oxygen atoms in total. The van der Waals surface area contributed by atoms with Gasteiger partial charge in [0.2, 0.25) is 0 Å². The van der Waals surface area contributed by atoms with Gasteiger partial charge < -0.3 is 15.4 Å². The molecule has 2 N–H and O–H groups in total. The topological polar surface area (TPSA) is 107 Å². The monoisotopic (exact) mass is 286 g/mol. The molecule has 0 spiro atoms. The molecule has 1 aliphatic heterocycles. The molecule has 8 heteroatoms. The standard InChI is InChI=1S/C13H14N6O2/c14-12-11(17-3-4-18-12)10-8-19(5-6-21-10)13(20)9-7-15-1-2-16-9/h1-4,7,10H,5-6,8H2,(H2,14,18)/t10-/m0/s1. The highest BCUT2D eigenvalue weighted by atomic mass is 16.5. The van der Waals surface area contributed by atoms with E-state index in [-0.39, 0.29) is 12.0 Å². The van der Waals surface area contributed by atoms with Crippen molar-refractivity contribution in [3.63, 3.8) is 0 Å². The highest BCUT2D eigenvalue weighted by Crippen LogP contribution is 2.24. The first kappa shape index (κ1) is 13.4. The number of morpholine rings is 1. The second-order valence-electron chi connectivity index (χ2n) is 4.53. The van der Waals surface area contributed by atoms with Gasteiger partial charge in [0.05, 0.1) is 19.3 Å². The van der Waals surface area contributed by atoms with Crippen LogP contribution in [0.4, 0.5) is 5.82 Å². The van der Waals surface area contributed by atoms with Gasteiger partial charge in [-0.05, 0) is 0 Å². The number of nitrogen functional groups attached to an aromatic ring is 1. The highest BCUT2D eigenvalue weighted by molar-refractivity contribution is 5.92. The fourth-order valence-electron chi connectivity index (χ4n) is 2.18. The number of ether oxygens (including phenoxy) is 1. The minimum Gasteiger partial charge on any atom is -0.382 e. The number of nitrogens with zero attached hydrogens (tertiary/aromatic N) is 5. The molecular formula is C13H14N6O2. The molecule has 0 saturated carbocycles. The molecule has 0 unspecified atom stereocenters. The van der Waals surface area contributed by atoms with Crippen LogP contribution in [-0.2, 0) is 4.74 Å². The molecule has 2 aromatic rings. The van der Waals surface area contributed by atoms with E-state index in [4.69, 9.17) is 10.5 Å². The van der Waals surface area contributed by atoms with Crippen molar-refractivity contribution in [2.24, 2.45) is 0 Å². The zero-order chi connectivity index (χ0) is 14.7. The largest absolute Gasteiger partial charge is 0.382 e. The lowest BCUT2D eigenvalue weighted by Crippen LogP contribution is -2.43. The summed E-state index contributed by atoms with van der Waals surface area (Å²) in [6.45, 7) is 1.26. The second-order valence-corrected chi connectivity index (χ2v) is 4.53. The molecule has 0 bridgehead atoms. The molecule has 1 saturated heterocycles. The molecule has 1 aliphatic rings. The third-order valence-corrected chi connectivity index (χ3v) is 3.20. The van der Waals surface area contributed by atoms with Crippen LogP contribution in [0.5, 0.6) is 0 Å². The lowest BCUT2D eigenvalue weighted by molar-refractivity contribution is -0.0247. The van der Waals surface area contributed by atoms with Gasteiger partial charge in [0.25, 0.3) is 5.91 Å². The zero-order valence-corrected chi connectivity index (χ0v) is 11.2. The normalized spacial score (nSPS) is 18.5. The Morgan fingerprint density at radius 1 is 1.24 bits per heavy atom. The van der Waals surface area contributed by atoms with E-state index in [0.717, 1.165) is 0 Å². The third kappa shape index (κ3) is 2.79. The Bertz CT molecular complexity index is 636. The fourth-order valence-corrected chi connectivity index (χ4v) is 2.18. The number of hydrogen-bond donors (Lipinski definition) is 1. The van der Waals surface area contributed by atoms with Crippen LogP contribution in [0.25, 0.3) is 0 Å². The van der Waals surface area contributed by atoms with Crippen molar-refractivity contribution in [2.75, 3.05) is 25.4 Å². The van der Waals surface area contributed by atoms with Gasteiger partial charge in [0.1, 0.15) is 23.3 Å². The van der Waals surface area contributed by atoms with Crippen LogP contribution >= 0.6 is 0 Å². The average Bonchev–Trinajstić information content (AvgIpc) is 2.55. The Kier molecular flexibility index (Phi) is 3.69. The first-order valence-electron chi connectivity index (χ1n) is 6.49. The van der Waals surface area contributed by atoms with Crippen molar-refractivity contribution in [1.29, 1.82) is 0 Å². The Morgan fingerprint density at radius 2 is 2.05 bits per heavy atom. The third-order valence-electron chi connectivity index (χ3n) is 3.20. The van der Waals surface area contributed by atoms with E-state index in [1.807, 2.05) is 0 Å². The maximum absolute atomic E-state index is 12.4. The van der Waals surface area contributed by atoms with Gasteiger partial charge in [-0.15, -0.1) is 0 Å². The van der Waals surface area contributed by atoms with Gasteiger partial charge in [-0.3, -0.25) is 14.8 Å². The van der Waals surface area contributed by atoms with Crippen molar-refractivity contribution in [2.45, 2.75) is 6.10 Å². The Balaban J connectivity index is 1.77. The lowest BCUT2D eigenvalue weighted by atomic mass is 10.2. The zero-order valence-electron chi connectivity index (χ0n) is 11.2. The number of aromatic nitrogens is 4. The van der Waals surface area contributed by atoms with Crippen LogP contribution < -0.4 is 5.73 Å². The maximum Gasteiger partial charge on any atom is 0.274 e. The smallest absolute Gasteiger partial charge is 0.274 e. The molecule has 1 amide bonds. The molecule has 0 aliphatic carbocycles. The predicted octanol–water partition coefficient (Wildman–Crippen LogP) is 0.0625. The number of rotatable bonds is 2. The number of carbonyl (C=O) groups is 1. The second kappa shape index (κ2) is 5.80. The van der Waals surface area contributed by atoms with E-state index in [2.05, 4.69) is 19.9 Å². The Morgan fingerprint density at radius 3 is 2.81 bits per heavy atom. The SMILES string of the molecule is Nc1nccnc1[C@@H]1CN(C(=O)c2cnccn2)CCO1. The van der Waals surface area contributed by atoms with Gasteiger partial charge in [0.15, 0.2) is 0 Å². The molecule has 3 rings (SSSR count). The molecule has 21 heavy (non-hydrogen) atoms. The summed E-state index contributed by atoms with van der Waals surface area (Å²) >= 11 is 0. The summed E-state index contributed by atoms with van der Waals surface area (Å²) in [6, 6.07) is 0. The van der Waals surface area contributed by atoms with E-state index in [9.17, 15) is 4.79 Å². The molecule has 0 radical (unpaired) electrons. The van der Waals surface area contributed by atoms with Crippen molar-refractivity contribution in [3.05, 3.63) is 42.4 Å². The van der Waals surface area contributed by atoms with Crippen LogP contribution in [0.15, 0.2) is 31.0 Å². The summed E-state index contributed by atoms with van der Waals surface area (Å²) in [7, 11) is 0. The summed E-state index contributed by atoms with van der Waals surface area (Å²) < 4.78 is 5.65. The lowest BCUT2D eigenvalue weighted by Gasteiger charge is -2.32. The quantitative estimate of drug-likeness (QED) is 0.831. The minimum absolute atomic E-state index is 0.182. The van der Waals surface area contributed by atoms with Crippen LogP contribution in [0.1, 0.15) is 22.3 Å². The predicted molar refractivity (Wildman–Crippen MR) is 73.1 cm³/mol. The van der Waals surface area contributed by atoms with E-state index in [1.54, 1.807) is 11.1 Å². The number of carbonyl (C=O) groups excluding carboxylic acids is 1. The summed E-state index contributed by atoms with van der Waals surface area (Å²) in [6.07, 6.45) is 7.16. The Hall–Kier alpha value is -2.61. The first-order chi connectivity index (χ1) is 10.3. The average molecular weight is 286 g/mol. The van der Waals surface area contributed by atoms with E-state index in [0.29, 0.717) is 36.9 Å². The van der Waals surface area contributed by atoms with E-state index < -0.39 is 0 Å². The van der Waals surface area contributed by atoms with Gasteiger partial charge in [0, 0.05) is 31.3 Å². The van der Waals surface area contributed by atoms with E-state index in [1.165, 1.54) is 24.8 Å². The highest BCUT2D eigenvalue weighted by Gasteiger charge is 2.29. The van der Waals surface area contributed by atoms with Crippen LogP contribution in [0.2, 0.25) is 0 Å². The van der Waals surface area contributed by atoms with Crippen molar-refractivity contribution in [1.82, 2.24) is 24.8 Å². The van der Waals surface area contributed by atoms with Gasteiger partial charge in [-0.2, -0.15) is 0 Å². The summed E-state index contributed by atoms with van der Waals surface area (Å²) in [5, 5.41) is 0. The van der Waals surface area contributed by atoms with Crippen LogP contribution in [0.3, 0.4) is 0 Å². The minimum atomic E-state index is -0.381. The summed E-state index contributed by atoms with van der Waals surface area (Å²) in [4.78, 5) is 30.1. The molecule has 108 valence electrons. The molecule has 1 atom stereocenters. The summed E-state index contributed by atoms with van der Waals surface area (Å²) in [5.41, 5.74) is 6.67. The summed E-state index contributed by atoms with van der Waals surface area (Å²) in [5.74, 6) is 0.134. The van der Waals surface area contributed by atoms with Crippen molar-refractivity contribution in [3.8, 4) is 0 Å². The van der Waals surface area contributed by atoms with Crippen LogP contribution in [0, 0.1) is 0 Å². The first-order valence-corrected chi connectivity index (χ1v) is 6.49.